The zero-order valence-electron chi connectivity index (χ0n) is 18.5. The van der Waals surface area contributed by atoms with E-state index in [4.69, 9.17) is 0 Å². The van der Waals surface area contributed by atoms with Crippen LogP contribution in [0.1, 0.15) is 69.3 Å². The molecule has 2 heteroatoms. The molecular formula is C27H38N2. The molecule has 29 heavy (non-hydrogen) atoms. The number of hydrogen-bond acceptors (Lipinski definition) is 2. The molecule has 156 valence electrons. The minimum atomic E-state index is 0.281. The topological polar surface area (TPSA) is 24.1 Å². The van der Waals surface area contributed by atoms with Crippen LogP contribution in [0.4, 0.5) is 0 Å². The van der Waals surface area contributed by atoms with Crippen LogP contribution in [0.3, 0.4) is 0 Å². The average molecular weight is 391 g/mol. The Kier molecular flexibility index (Phi) is 6.72. The smallest absolute Gasteiger partial charge is 0.0835 e. The van der Waals surface area contributed by atoms with E-state index < -0.39 is 0 Å². The largest absolute Gasteiger partial charge is 0.298 e. The first-order chi connectivity index (χ1) is 14.1. The Hall–Kier alpha value is -1.64. The van der Waals surface area contributed by atoms with Crippen molar-refractivity contribution in [3.05, 3.63) is 59.2 Å². The standard InChI is InChI=1S/C27H38N2/c1-4-5-6-7-20(3)26-17-28-27(29-18-26)22-10-8-21(9-11-22)24-13-12-23-14-19(2)15-25(23)16-24/h8-13,16,19-20,26-29H,4-7,14-15,17-18H2,1-3H3. The number of nitrogens with one attached hydrogen (secondary N) is 2. The van der Waals surface area contributed by atoms with Crippen molar-refractivity contribution in [2.75, 3.05) is 13.1 Å². The molecule has 1 heterocycles. The Labute approximate surface area is 177 Å². The lowest BCUT2D eigenvalue weighted by Gasteiger charge is -2.34. The summed E-state index contributed by atoms with van der Waals surface area (Å²) in [5, 5.41) is 7.49. The first-order valence-electron chi connectivity index (χ1n) is 11.8. The lowest BCUT2D eigenvalue weighted by Crippen LogP contribution is -2.48. The van der Waals surface area contributed by atoms with E-state index in [0.717, 1.165) is 30.8 Å². The van der Waals surface area contributed by atoms with Crippen LogP contribution in [0.15, 0.2) is 42.5 Å². The fraction of sp³-hybridized carbons (Fsp3) is 0.556. The van der Waals surface area contributed by atoms with Crippen molar-refractivity contribution in [2.24, 2.45) is 17.8 Å². The molecule has 0 aromatic heterocycles. The number of benzene rings is 2. The molecule has 0 spiro atoms. The molecule has 1 aliphatic heterocycles. The summed E-state index contributed by atoms with van der Waals surface area (Å²) in [5.41, 5.74) is 7.13. The molecule has 2 atom stereocenters. The van der Waals surface area contributed by atoms with Crippen LogP contribution in [0, 0.1) is 17.8 Å². The van der Waals surface area contributed by atoms with Crippen molar-refractivity contribution >= 4 is 0 Å². The first kappa shape index (κ1) is 20.6. The summed E-state index contributed by atoms with van der Waals surface area (Å²) in [6.45, 7) is 9.31. The molecule has 2 aromatic rings. The molecule has 4 rings (SSSR count). The van der Waals surface area contributed by atoms with Gasteiger partial charge in [0.05, 0.1) is 6.17 Å². The zero-order valence-corrected chi connectivity index (χ0v) is 18.5. The van der Waals surface area contributed by atoms with Gasteiger partial charge in [0, 0.05) is 13.1 Å². The van der Waals surface area contributed by atoms with E-state index in [2.05, 4.69) is 73.9 Å². The molecule has 2 N–H and O–H groups in total. The maximum absolute atomic E-state index is 3.74. The van der Waals surface area contributed by atoms with Gasteiger partial charge in [-0.05, 0) is 58.4 Å². The summed E-state index contributed by atoms with van der Waals surface area (Å²) in [5.74, 6) is 2.34. The van der Waals surface area contributed by atoms with Crippen LogP contribution in [0.2, 0.25) is 0 Å². The Morgan fingerprint density at radius 1 is 0.897 bits per heavy atom. The van der Waals surface area contributed by atoms with E-state index >= 15 is 0 Å². The zero-order chi connectivity index (χ0) is 20.2. The highest BCUT2D eigenvalue weighted by Gasteiger charge is 2.25. The van der Waals surface area contributed by atoms with Gasteiger partial charge in [0.15, 0.2) is 0 Å². The minimum Gasteiger partial charge on any atom is -0.298 e. The van der Waals surface area contributed by atoms with Crippen molar-refractivity contribution in [3.8, 4) is 11.1 Å². The highest BCUT2D eigenvalue weighted by Crippen LogP contribution is 2.31. The van der Waals surface area contributed by atoms with Gasteiger partial charge in [-0.2, -0.15) is 0 Å². The van der Waals surface area contributed by atoms with Crippen LogP contribution >= 0.6 is 0 Å². The molecule has 0 radical (unpaired) electrons. The van der Waals surface area contributed by atoms with Crippen LogP contribution in [0.25, 0.3) is 11.1 Å². The Balaban J connectivity index is 1.34. The second-order valence-corrected chi connectivity index (χ2v) is 9.60. The Morgan fingerprint density at radius 3 is 2.31 bits per heavy atom. The summed E-state index contributed by atoms with van der Waals surface area (Å²) in [6.07, 6.45) is 8.18. The van der Waals surface area contributed by atoms with Crippen LogP contribution in [-0.2, 0) is 12.8 Å². The van der Waals surface area contributed by atoms with Crippen LogP contribution in [-0.4, -0.2) is 13.1 Å². The molecule has 2 aromatic carbocycles. The fourth-order valence-electron chi connectivity index (χ4n) is 5.16. The molecule has 0 amide bonds. The van der Waals surface area contributed by atoms with Crippen molar-refractivity contribution in [1.29, 1.82) is 0 Å². The third kappa shape index (κ3) is 4.92. The molecule has 0 bridgehead atoms. The van der Waals surface area contributed by atoms with Gasteiger partial charge in [0.2, 0.25) is 0 Å². The molecular weight excluding hydrogens is 352 g/mol. The normalized spacial score (nSPS) is 25.0. The minimum absolute atomic E-state index is 0.281. The number of hydrogen-bond donors (Lipinski definition) is 2. The van der Waals surface area contributed by atoms with Crippen molar-refractivity contribution in [1.82, 2.24) is 10.6 Å². The quantitative estimate of drug-likeness (QED) is 0.557. The lowest BCUT2D eigenvalue weighted by molar-refractivity contribution is 0.227. The number of fused-ring (bicyclic) bond motifs is 1. The number of rotatable bonds is 7. The van der Waals surface area contributed by atoms with E-state index in [0.29, 0.717) is 0 Å². The fourth-order valence-corrected chi connectivity index (χ4v) is 5.16. The van der Waals surface area contributed by atoms with Gasteiger partial charge < -0.3 is 0 Å². The SMILES string of the molecule is CCCCCC(C)C1CNC(c2ccc(-c3ccc4c(c3)CC(C)C4)cc2)NC1. The third-order valence-corrected chi connectivity index (χ3v) is 7.16. The molecule has 1 saturated heterocycles. The van der Waals surface area contributed by atoms with Gasteiger partial charge in [0.1, 0.15) is 0 Å². The molecule has 2 aliphatic rings. The molecule has 1 fully saturated rings. The Bertz CT molecular complexity index is 787. The first-order valence-corrected chi connectivity index (χ1v) is 11.8. The highest BCUT2D eigenvalue weighted by molar-refractivity contribution is 5.65. The summed E-state index contributed by atoms with van der Waals surface area (Å²) in [7, 11) is 0. The van der Waals surface area contributed by atoms with Crippen LogP contribution < -0.4 is 10.6 Å². The van der Waals surface area contributed by atoms with Crippen molar-refractivity contribution in [3.63, 3.8) is 0 Å². The highest BCUT2D eigenvalue weighted by atomic mass is 15.2. The van der Waals surface area contributed by atoms with Crippen molar-refractivity contribution in [2.45, 2.75) is 65.5 Å². The summed E-state index contributed by atoms with van der Waals surface area (Å²) in [6, 6.07) is 16.2. The molecule has 2 nitrogen and oxygen atoms in total. The Morgan fingerprint density at radius 2 is 1.59 bits per heavy atom. The monoisotopic (exact) mass is 390 g/mol. The van der Waals surface area contributed by atoms with Gasteiger partial charge in [0.25, 0.3) is 0 Å². The third-order valence-electron chi connectivity index (χ3n) is 7.16. The maximum atomic E-state index is 3.74. The second kappa shape index (κ2) is 9.45. The summed E-state index contributed by atoms with van der Waals surface area (Å²) >= 11 is 0. The van der Waals surface area contributed by atoms with Gasteiger partial charge >= 0.3 is 0 Å². The predicted molar refractivity (Wildman–Crippen MR) is 124 cm³/mol. The van der Waals surface area contributed by atoms with Gasteiger partial charge in [-0.1, -0.05) is 88.9 Å². The van der Waals surface area contributed by atoms with E-state index in [1.165, 1.54) is 55.2 Å². The van der Waals surface area contributed by atoms with Gasteiger partial charge in [-0.25, -0.2) is 0 Å². The van der Waals surface area contributed by atoms with Gasteiger partial charge in [-0.15, -0.1) is 0 Å². The van der Waals surface area contributed by atoms with E-state index in [1.807, 2.05) is 0 Å². The molecule has 1 aliphatic carbocycles. The average Bonchev–Trinajstić information content (AvgIpc) is 3.13. The lowest BCUT2D eigenvalue weighted by atomic mass is 9.87. The van der Waals surface area contributed by atoms with Crippen molar-refractivity contribution < 1.29 is 0 Å². The summed E-state index contributed by atoms with van der Waals surface area (Å²) < 4.78 is 0. The number of unbranched alkanes of at least 4 members (excludes halogenated alkanes) is 2. The predicted octanol–water partition coefficient (Wildman–Crippen LogP) is 6.11. The maximum Gasteiger partial charge on any atom is 0.0835 e. The summed E-state index contributed by atoms with van der Waals surface area (Å²) in [4.78, 5) is 0. The molecule has 0 saturated carbocycles. The van der Waals surface area contributed by atoms with E-state index in [-0.39, 0.29) is 6.17 Å². The van der Waals surface area contributed by atoms with Crippen LogP contribution in [0.5, 0.6) is 0 Å². The second-order valence-electron chi connectivity index (χ2n) is 9.60. The molecule has 2 unspecified atom stereocenters. The van der Waals surface area contributed by atoms with E-state index in [1.54, 1.807) is 11.1 Å². The van der Waals surface area contributed by atoms with E-state index in [9.17, 15) is 0 Å². The van der Waals surface area contributed by atoms with Gasteiger partial charge in [-0.3, -0.25) is 10.6 Å².